The Bertz CT molecular complexity index is 777. The van der Waals surface area contributed by atoms with Crippen LogP contribution in [0.5, 0.6) is 11.5 Å². The minimum absolute atomic E-state index is 0.181. The molecule has 3 rings (SSSR count). The van der Waals surface area contributed by atoms with Gasteiger partial charge < -0.3 is 14.8 Å². The number of rotatable bonds is 5. The molecular weight excluding hydrogens is 312 g/mol. The van der Waals surface area contributed by atoms with Crippen molar-refractivity contribution in [3.63, 3.8) is 0 Å². The number of nitrogens with one attached hydrogen (secondary N) is 2. The number of aromatic nitrogens is 1. The Morgan fingerprint density at radius 3 is 2.79 bits per heavy atom. The van der Waals surface area contributed by atoms with Crippen LogP contribution in [0.1, 0.15) is 15.9 Å². The summed E-state index contributed by atoms with van der Waals surface area (Å²) >= 11 is 0. The molecule has 0 atom stereocenters. The molecule has 2 amide bonds. The molecule has 0 spiro atoms. The number of pyridine rings is 1. The molecule has 1 aromatic carbocycles. The standard InChI is InChI=1S/C16H14N4O4/c21-15(9-18-16(22)12-3-5-17-6-4-12)20-19-8-11-1-2-13-14(7-11)24-10-23-13/h1-8H,9-10H2,(H,18,22)(H,20,21)/b19-8+. The summed E-state index contributed by atoms with van der Waals surface area (Å²) in [5.41, 5.74) is 3.52. The highest BCUT2D eigenvalue weighted by molar-refractivity contribution is 5.96. The van der Waals surface area contributed by atoms with Crippen molar-refractivity contribution in [2.75, 3.05) is 13.3 Å². The zero-order valence-electron chi connectivity index (χ0n) is 12.6. The summed E-state index contributed by atoms with van der Waals surface area (Å²) in [6, 6.07) is 8.42. The van der Waals surface area contributed by atoms with Crippen molar-refractivity contribution in [1.82, 2.24) is 15.7 Å². The number of benzene rings is 1. The molecule has 2 N–H and O–H groups in total. The van der Waals surface area contributed by atoms with Crippen LogP contribution in [0.4, 0.5) is 0 Å². The van der Waals surface area contributed by atoms with Gasteiger partial charge in [-0.05, 0) is 35.9 Å². The molecule has 0 saturated carbocycles. The molecule has 1 aliphatic rings. The van der Waals surface area contributed by atoms with E-state index in [1.54, 1.807) is 30.3 Å². The first-order chi connectivity index (χ1) is 11.7. The fourth-order valence-electron chi connectivity index (χ4n) is 1.98. The fraction of sp³-hybridized carbons (Fsp3) is 0.125. The van der Waals surface area contributed by atoms with Crippen LogP contribution in [0, 0.1) is 0 Å². The Balaban J connectivity index is 1.46. The highest BCUT2D eigenvalue weighted by atomic mass is 16.7. The zero-order chi connectivity index (χ0) is 16.8. The van der Waals surface area contributed by atoms with Crippen molar-refractivity contribution in [2.24, 2.45) is 5.10 Å². The fourth-order valence-corrected chi connectivity index (χ4v) is 1.98. The summed E-state index contributed by atoms with van der Waals surface area (Å²) < 4.78 is 10.5. The van der Waals surface area contributed by atoms with Crippen LogP contribution < -0.4 is 20.2 Å². The van der Waals surface area contributed by atoms with Gasteiger partial charge in [0.25, 0.3) is 11.8 Å². The minimum atomic E-state index is -0.436. The number of carbonyl (C=O) groups is 2. The van der Waals surface area contributed by atoms with Gasteiger partial charge in [0, 0.05) is 18.0 Å². The Morgan fingerprint density at radius 2 is 1.96 bits per heavy atom. The van der Waals surface area contributed by atoms with Crippen LogP contribution in [-0.4, -0.2) is 36.4 Å². The second-order valence-electron chi connectivity index (χ2n) is 4.82. The molecule has 0 fully saturated rings. The zero-order valence-corrected chi connectivity index (χ0v) is 12.6. The largest absolute Gasteiger partial charge is 0.454 e. The van der Waals surface area contributed by atoms with Gasteiger partial charge in [0.05, 0.1) is 12.8 Å². The third kappa shape index (κ3) is 3.86. The lowest BCUT2D eigenvalue weighted by Crippen LogP contribution is -2.34. The van der Waals surface area contributed by atoms with Crippen LogP contribution in [0.2, 0.25) is 0 Å². The van der Waals surface area contributed by atoms with Gasteiger partial charge >= 0.3 is 0 Å². The lowest BCUT2D eigenvalue weighted by atomic mass is 10.2. The summed E-state index contributed by atoms with van der Waals surface area (Å²) in [5.74, 6) is 0.520. The van der Waals surface area contributed by atoms with Crippen LogP contribution in [0.3, 0.4) is 0 Å². The van der Waals surface area contributed by atoms with Gasteiger partial charge in [0.2, 0.25) is 6.79 Å². The number of hydrogen-bond donors (Lipinski definition) is 2. The first-order valence-electron chi connectivity index (χ1n) is 7.12. The first-order valence-corrected chi connectivity index (χ1v) is 7.12. The van der Waals surface area contributed by atoms with Crippen molar-refractivity contribution in [2.45, 2.75) is 0 Å². The molecule has 122 valence electrons. The van der Waals surface area contributed by atoms with E-state index in [1.165, 1.54) is 18.6 Å². The number of fused-ring (bicyclic) bond motifs is 1. The van der Waals surface area contributed by atoms with Gasteiger partial charge in [0.15, 0.2) is 11.5 Å². The summed E-state index contributed by atoms with van der Waals surface area (Å²) in [4.78, 5) is 27.2. The van der Waals surface area contributed by atoms with E-state index in [2.05, 4.69) is 20.8 Å². The van der Waals surface area contributed by atoms with Gasteiger partial charge in [-0.15, -0.1) is 0 Å². The third-order valence-corrected chi connectivity index (χ3v) is 3.15. The number of ether oxygens (including phenoxy) is 2. The van der Waals surface area contributed by atoms with Crippen LogP contribution in [0.15, 0.2) is 47.8 Å². The molecule has 2 aromatic rings. The van der Waals surface area contributed by atoms with E-state index in [1.807, 2.05) is 0 Å². The van der Waals surface area contributed by atoms with Crippen molar-refractivity contribution < 1.29 is 19.1 Å². The molecule has 0 radical (unpaired) electrons. The van der Waals surface area contributed by atoms with Gasteiger partial charge in [0.1, 0.15) is 0 Å². The van der Waals surface area contributed by atoms with E-state index < -0.39 is 5.91 Å². The van der Waals surface area contributed by atoms with Crippen molar-refractivity contribution in [3.05, 3.63) is 53.9 Å². The highest BCUT2D eigenvalue weighted by Crippen LogP contribution is 2.31. The number of nitrogens with zero attached hydrogens (tertiary/aromatic N) is 2. The molecule has 24 heavy (non-hydrogen) atoms. The normalized spacial score (nSPS) is 12.2. The van der Waals surface area contributed by atoms with Crippen LogP contribution >= 0.6 is 0 Å². The van der Waals surface area contributed by atoms with Crippen LogP contribution in [-0.2, 0) is 4.79 Å². The molecule has 1 aliphatic heterocycles. The molecule has 0 saturated heterocycles. The molecule has 1 aromatic heterocycles. The van der Waals surface area contributed by atoms with E-state index in [9.17, 15) is 9.59 Å². The van der Waals surface area contributed by atoms with E-state index in [-0.39, 0.29) is 19.2 Å². The van der Waals surface area contributed by atoms with Gasteiger partial charge in [-0.25, -0.2) is 5.43 Å². The second kappa shape index (κ2) is 7.23. The monoisotopic (exact) mass is 326 g/mol. The lowest BCUT2D eigenvalue weighted by Gasteiger charge is -2.03. The van der Waals surface area contributed by atoms with Crippen molar-refractivity contribution in [1.29, 1.82) is 0 Å². The molecule has 2 heterocycles. The highest BCUT2D eigenvalue weighted by Gasteiger charge is 2.12. The van der Waals surface area contributed by atoms with E-state index >= 15 is 0 Å². The summed E-state index contributed by atoms with van der Waals surface area (Å²) in [6.07, 6.45) is 4.49. The maximum absolute atomic E-state index is 11.8. The smallest absolute Gasteiger partial charge is 0.259 e. The summed E-state index contributed by atoms with van der Waals surface area (Å²) in [6.45, 7) is 0.0173. The second-order valence-corrected chi connectivity index (χ2v) is 4.82. The molecule has 0 unspecified atom stereocenters. The molecule has 0 aliphatic carbocycles. The Kier molecular flexibility index (Phi) is 4.66. The Morgan fingerprint density at radius 1 is 1.17 bits per heavy atom. The molecule has 8 nitrogen and oxygen atoms in total. The van der Waals surface area contributed by atoms with E-state index in [4.69, 9.17) is 9.47 Å². The number of carbonyl (C=O) groups excluding carboxylic acids is 2. The number of hydrogen-bond acceptors (Lipinski definition) is 6. The molecule has 8 heteroatoms. The number of hydrazone groups is 1. The first kappa shape index (κ1) is 15.5. The van der Waals surface area contributed by atoms with Gasteiger partial charge in [-0.2, -0.15) is 5.10 Å². The average Bonchev–Trinajstić information content (AvgIpc) is 3.08. The predicted molar refractivity (Wildman–Crippen MR) is 84.9 cm³/mol. The topological polar surface area (TPSA) is 102 Å². The Hall–Kier alpha value is -3.42. The van der Waals surface area contributed by atoms with Crippen LogP contribution in [0.25, 0.3) is 0 Å². The average molecular weight is 326 g/mol. The lowest BCUT2D eigenvalue weighted by molar-refractivity contribution is -0.120. The SMILES string of the molecule is O=C(CNC(=O)c1ccncc1)N/N=C/c1ccc2c(c1)OCO2. The van der Waals surface area contributed by atoms with Crippen molar-refractivity contribution >= 4 is 18.0 Å². The molecular formula is C16H14N4O4. The van der Waals surface area contributed by atoms with E-state index in [0.717, 1.165) is 5.56 Å². The van der Waals surface area contributed by atoms with Gasteiger partial charge in [-0.1, -0.05) is 0 Å². The minimum Gasteiger partial charge on any atom is -0.454 e. The van der Waals surface area contributed by atoms with Crippen molar-refractivity contribution in [3.8, 4) is 11.5 Å². The predicted octanol–water partition coefficient (Wildman–Crippen LogP) is 0.690. The maximum atomic E-state index is 11.8. The third-order valence-electron chi connectivity index (χ3n) is 3.15. The molecule has 0 bridgehead atoms. The van der Waals surface area contributed by atoms with E-state index in [0.29, 0.717) is 17.1 Å². The maximum Gasteiger partial charge on any atom is 0.259 e. The Labute approximate surface area is 137 Å². The van der Waals surface area contributed by atoms with Gasteiger partial charge in [-0.3, -0.25) is 14.6 Å². The number of amides is 2. The quantitative estimate of drug-likeness (QED) is 0.622. The summed E-state index contributed by atoms with van der Waals surface area (Å²) in [7, 11) is 0. The summed E-state index contributed by atoms with van der Waals surface area (Å²) in [5, 5.41) is 6.33.